The number of hydrogen-bond acceptors (Lipinski definition) is 7. The summed E-state index contributed by atoms with van der Waals surface area (Å²) in [4.78, 5) is 11.7. The van der Waals surface area contributed by atoms with E-state index in [0.29, 0.717) is 34.7 Å². The molecule has 0 fully saturated rings. The summed E-state index contributed by atoms with van der Waals surface area (Å²) in [6.07, 6.45) is 0. The molecule has 1 aromatic carbocycles. The third kappa shape index (κ3) is 4.16. The van der Waals surface area contributed by atoms with Crippen molar-refractivity contribution in [2.24, 2.45) is 0 Å². The molecule has 0 aliphatic heterocycles. The summed E-state index contributed by atoms with van der Waals surface area (Å²) in [5.74, 6) is 1.49. The van der Waals surface area contributed by atoms with E-state index in [1.807, 2.05) is 6.92 Å². The molecular formula is C15H19N3O4S. The zero-order chi connectivity index (χ0) is 16.8. The first-order chi connectivity index (χ1) is 11.1. The monoisotopic (exact) mass is 337 g/mol. The summed E-state index contributed by atoms with van der Waals surface area (Å²) in [6, 6.07) is 5.33. The van der Waals surface area contributed by atoms with Crippen LogP contribution in [0.2, 0.25) is 0 Å². The van der Waals surface area contributed by atoms with E-state index < -0.39 is 0 Å². The predicted molar refractivity (Wildman–Crippen MR) is 86.8 cm³/mol. The van der Waals surface area contributed by atoms with Gasteiger partial charge in [-0.05, 0) is 32.0 Å². The number of hydrogen-bond donors (Lipinski definition) is 1. The van der Waals surface area contributed by atoms with Gasteiger partial charge in [0.15, 0.2) is 11.5 Å². The quantitative estimate of drug-likeness (QED) is 0.776. The van der Waals surface area contributed by atoms with Gasteiger partial charge in [0.1, 0.15) is 0 Å². The van der Waals surface area contributed by atoms with Crippen LogP contribution in [0, 0.1) is 0 Å². The van der Waals surface area contributed by atoms with Crippen LogP contribution < -0.4 is 14.8 Å². The van der Waals surface area contributed by atoms with Crippen molar-refractivity contribution in [3.05, 3.63) is 18.2 Å². The lowest BCUT2D eigenvalue weighted by molar-refractivity contribution is -0.120. The minimum Gasteiger partial charge on any atom is -0.493 e. The summed E-state index contributed by atoms with van der Waals surface area (Å²) in [5.41, 5.74) is 0.715. The van der Waals surface area contributed by atoms with Gasteiger partial charge < -0.3 is 19.2 Å². The van der Waals surface area contributed by atoms with Crippen molar-refractivity contribution < 1.29 is 18.7 Å². The molecule has 1 heterocycles. The number of benzene rings is 1. The number of rotatable bonds is 7. The standard InChI is InChI=1S/C15H19N3O4S/c1-5-16-13(19)9(2)23-15-18-17-14(22-15)10-6-7-11(20-3)12(8-10)21-4/h6-9H,5H2,1-4H3,(H,16,19)/t9-/m1/s1. The van der Waals surface area contributed by atoms with Crippen LogP contribution in [0.5, 0.6) is 11.5 Å². The minimum atomic E-state index is -0.311. The van der Waals surface area contributed by atoms with Gasteiger partial charge in [0.2, 0.25) is 11.8 Å². The second kappa shape index (κ2) is 7.87. The van der Waals surface area contributed by atoms with Crippen molar-refractivity contribution in [2.45, 2.75) is 24.3 Å². The van der Waals surface area contributed by atoms with Gasteiger partial charge in [-0.1, -0.05) is 11.8 Å². The SMILES string of the molecule is CCNC(=O)[C@@H](C)Sc1nnc(-c2ccc(OC)c(OC)c2)o1. The van der Waals surface area contributed by atoms with Crippen LogP contribution >= 0.6 is 11.8 Å². The molecule has 1 atom stereocenters. The van der Waals surface area contributed by atoms with Crippen LogP contribution in [-0.2, 0) is 4.79 Å². The smallest absolute Gasteiger partial charge is 0.277 e. The van der Waals surface area contributed by atoms with Gasteiger partial charge in [0.25, 0.3) is 5.22 Å². The molecular weight excluding hydrogens is 318 g/mol. The maximum absolute atomic E-state index is 11.7. The third-order valence-corrected chi connectivity index (χ3v) is 3.97. The summed E-state index contributed by atoms with van der Waals surface area (Å²) >= 11 is 1.22. The highest BCUT2D eigenvalue weighted by atomic mass is 32.2. The van der Waals surface area contributed by atoms with E-state index in [1.165, 1.54) is 11.8 Å². The molecule has 0 spiro atoms. The third-order valence-electron chi connectivity index (χ3n) is 3.03. The molecule has 1 N–H and O–H groups in total. The molecule has 0 aliphatic carbocycles. The second-order valence-electron chi connectivity index (χ2n) is 4.60. The maximum Gasteiger partial charge on any atom is 0.277 e. The van der Waals surface area contributed by atoms with Gasteiger partial charge in [-0.3, -0.25) is 4.79 Å². The first kappa shape index (κ1) is 17.1. The van der Waals surface area contributed by atoms with Crippen molar-refractivity contribution in [3.63, 3.8) is 0 Å². The fraction of sp³-hybridized carbons (Fsp3) is 0.400. The summed E-state index contributed by atoms with van der Waals surface area (Å²) < 4.78 is 16.1. The van der Waals surface area contributed by atoms with E-state index in [1.54, 1.807) is 39.3 Å². The van der Waals surface area contributed by atoms with E-state index in [0.717, 1.165) is 0 Å². The first-order valence-corrected chi connectivity index (χ1v) is 7.97. The van der Waals surface area contributed by atoms with Crippen molar-refractivity contribution in [3.8, 4) is 23.0 Å². The van der Waals surface area contributed by atoms with Crippen LogP contribution in [0.4, 0.5) is 0 Å². The second-order valence-corrected chi connectivity index (χ2v) is 5.89. The van der Waals surface area contributed by atoms with Crippen molar-refractivity contribution in [1.29, 1.82) is 0 Å². The number of aromatic nitrogens is 2. The van der Waals surface area contributed by atoms with Crippen LogP contribution in [-0.4, -0.2) is 42.1 Å². The van der Waals surface area contributed by atoms with Gasteiger partial charge in [-0.2, -0.15) is 0 Å². The van der Waals surface area contributed by atoms with Crippen LogP contribution in [0.3, 0.4) is 0 Å². The van der Waals surface area contributed by atoms with E-state index in [4.69, 9.17) is 13.9 Å². The Morgan fingerprint density at radius 3 is 2.70 bits per heavy atom. The fourth-order valence-electron chi connectivity index (χ4n) is 1.87. The minimum absolute atomic E-state index is 0.0663. The largest absolute Gasteiger partial charge is 0.493 e. The highest BCUT2D eigenvalue weighted by Crippen LogP contribution is 2.33. The molecule has 1 aromatic heterocycles. The van der Waals surface area contributed by atoms with E-state index in [2.05, 4.69) is 15.5 Å². The molecule has 1 amide bonds. The van der Waals surface area contributed by atoms with Gasteiger partial charge in [0, 0.05) is 12.1 Å². The molecule has 124 valence electrons. The highest BCUT2D eigenvalue weighted by Gasteiger charge is 2.18. The number of ether oxygens (including phenoxy) is 2. The number of amides is 1. The molecule has 23 heavy (non-hydrogen) atoms. The van der Waals surface area contributed by atoms with Crippen molar-refractivity contribution >= 4 is 17.7 Å². The Morgan fingerprint density at radius 1 is 1.30 bits per heavy atom. The Balaban J connectivity index is 2.14. The number of thioether (sulfide) groups is 1. The number of carbonyl (C=O) groups excluding carboxylic acids is 1. The Kier molecular flexibility index (Phi) is 5.86. The average molecular weight is 337 g/mol. The lowest BCUT2D eigenvalue weighted by atomic mass is 10.2. The van der Waals surface area contributed by atoms with Gasteiger partial charge >= 0.3 is 0 Å². The maximum atomic E-state index is 11.7. The van der Waals surface area contributed by atoms with Gasteiger partial charge in [-0.15, -0.1) is 10.2 Å². The molecule has 0 aliphatic rings. The number of carbonyl (C=O) groups is 1. The highest BCUT2D eigenvalue weighted by molar-refractivity contribution is 8.00. The van der Waals surface area contributed by atoms with Crippen LogP contribution in [0.1, 0.15) is 13.8 Å². The Bertz CT molecular complexity index is 674. The van der Waals surface area contributed by atoms with Crippen molar-refractivity contribution in [2.75, 3.05) is 20.8 Å². The Hall–Kier alpha value is -2.22. The molecule has 0 saturated heterocycles. The van der Waals surface area contributed by atoms with E-state index in [9.17, 15) is 4.79 Å². The molecule has 2 rings (SSSR count). The molecule has 0 radical (unpaired) electrons. The predicted octanol–water partition coefficient (Wildman–Crippen LogP) is 2.37. The zero-order valence-electron chi connectivity index (χ0n) is 13.5. The zero-order valence-corrected chi connectivity index (χ0v) is 14.3. The Labute approximate surface area is 138 Å². The molecule has 8 heteroatoms. The molecule has 0 unspecified atom stereocenters. The summed E-state index contributed by atoms with van der Waals surface area (Å²) in [5, 5.41) is 10.8. The number of nitrogens with zero attached hydrogens (tertiary/aromatic N) is 2. The van der Waals surface area contributed by atoms with E-state index >= 15 is 0 Å². The number of nitrogens with one attached hydrogen (secondary N) is 1. The molecule has 0 saturated carbocycles. The molecule has 7 nitrogen and oxygen atoms in total. The average Bonchev–Trinajstić information content (AvgIpc) is 3.02. The van der Waals surface area contributed by atoms with Crippen LogP contribution in [0.25, 0.3) is 11.5 Å². The lowest BCUT2D eigenvalue weighted by Crippen LogP contribution is -2.30. The van der Waals surface area contributed by atoms with Gasteiger partial charge in [-0.25, -0.2) is 0 Å². The number of methoxy groups -OCH3 is 2. The van der Waals surface area contributed by atoms with Gasteiger partial charge in [0.05, 0.1) is 19.5 Å². The lowest BCUT2D eigenvalue weighted by Gasteiger charge is -2.08. The molecule has 0 bridgehead atoms. The normalized spacial score (nSPS) is 11.8. The summed E-state index contributed by atoms with van der Waals surface area (Å²) in [6.45, 7) is 4.25. The van der Waals surface area contributed by atoms with Crippen molar-refractivity contribution in [1.82, 2.24) is 15.5 Å². The molecule has 2 aromatic rings. The van der Waals surface area contributed by atoms with Crippen LogP contribution in [0.15, 0.2) is 27.8 Å². The summed E-state index contributed by atoms with van der Waals surface area (Å²) in [7, 11) is 3.13. The fourth-order valence-corrected chi connectivity index (χ4v) is 2.57. The first-order valence-electron chi connectivity index (χ1n) is 7.09. The Morgan fingerprint density at radius 2 is 2.04 bits per heavy atom. The topological polar surface area (TPSA) is 86.5 Å². The van der Waals surface area contributed by atoms with E-state index in [-0.39, 0.29) is 11.2 Å².